The van der Waals surface area contributed by atoms with E-state index in [1.165, 1.54) is 6.08 Å². The average Bonchev–Trinajstić information content (AvgIpc) is 2.44. The Balaban J connectivity index is 2.57. The molecule has 1 aromatic carbocycles. The fourth-order valence-electron chi connectivity index (χ4n) is 1.61. The van der Waals surface area contributed by atoms with Crippen LogP contribution in [0.15, 0.2) is 36.4 Å². The zero-order valence-electron chi connectivity index (χ0n) is 12.5. The quantitative estimate of drug-likeness (QED) is 0.444. The lowest BCUT2D eigenvalue weighted by Crippen LogP contribution is -2.54. The minimum Gasteiger partial charge on any atom is -0.333 e. The molecule has 22 heavy (non-hydrogen) atoms. The van der Waals surface area contributed by atoms with Gasteiger partial charge in [-0.3, -0.25) is 10.1 Å². The second-order valence-corrected chi connectivity index (χ2v) is 7.35. The zero-order chi connectivity index (χ0) is 16.6. The number of carbonyl (C=O) groups excluding carboxylic acids is 1. The number of hydrogen-bond acceptors (Lipinski definition) is 3. The highest BCUT2D eigenvalue weighted by Crippen LogP contribution is 2.28. The topological polar surface area (TPSA) is 44.4 Å². The summed E-state index contributed by atoms with van der Waals surface area (Å²) < 4.78 is -1.64. The first kappa shape index (κ1) is 19.3. The highest BCUT2D eigenvalue weighted by molar-refractivity contribution is 6.68. The van der Waals surface area contributed by atoms with E-state index < -0.39 is 9.96 Å². The van der Waals surface area contributed by atoms with E-state index >= 15 is 0 Å². The van der Waals surface area contributed by atoms with Crippen molar-refractivity contribution >= 4 is 46.8 Å². The van der Waals surface area contributed by atoms with Crippen molar-refractivity contribution in [1.29, 1.82) is 0 Å². The van der Waals surface area contributed by atoms with E-state index in [0.29, 0.717) is 6.54 Å². The van der Waals surface area contributed by atoms with Gasteiger partial charge < -0.3 is 10.2 Å². The molecule has 1 aromatic rings. The van der Waals surface area contributed by atoms with Gasteiger partial charge >= 0.3 is 0 Å². The van der Waals surface area contributed by atoms with Crippen molar-refractivity contribution in [3.63, 3.8) is 0 Å². The number of alkyl halides is 3. The molecular formula is C15H20Cl3N3O. The van der Waals surface area contributed by atoms with Crippen molar-refractivity contribution in [1.82, 2.24) is 15.5 Å². The van der Waals surface area contributed by atoms with Crippen LogP contribution in [0.25, 0.3) is 6.08 Å². The van der Waals surface area contributed by atoms with Gasteiger partial charge in [-0.25, -0.2) is 0 Å². The summed E-state index contributed by atoms with van der Waals surface area (Å²) in [5.74, 6) is -0.336. The minimum absolute atomic E-state index is 0.336. The van der Waals surface area contributed by atoms with E-state index in [1.807, 2.05) is 49.3 Å². The Labute approximate surface area is 146 Å². The van der Waals surface area contributed by atoms with Crippen LogP contribution >= 0.6 is 34.8 Å². The Morgan fingerprint density at radius 2 is 1.91 bits per heavy atom. The molecule has 1 atom stereocenters. The summed E-state index contributed by atoms with van der Waals surface area (Å²) in [5, 5.41) is 5.67. The van der Waals surface area contributed by atoms with E-state index in [-0.39, 0.29) is 5.91 Å². The van der Waals surface area contributed by atoms with Crippen LogP contribution < -0.4 is 10.6 Å². The molecule has 0 saturated carbocycles. The van der Waals surface area contributed by atoms with Gasteiger partial charge in [-0.15, -0.1) is 0 Å². The molecule has 1 unspecified atom stereocenters. The van der Waals surface area contributed by atoms with Crippen molar-refractivity contribution in [2.24, 2.45) is 0 Å². The summed E-state index contributed by atoms with van der Waals surface area (Å²) >= 11 is 17.7. The monoisotopic (exact) mass is 363 g/mol. The molecule has 0 fully saturated rings. The van der Waals surface area contributed by atoms with Crippen LogP contribution in [0.2, 0.25) is 0 Å². The minimum atomic E-state index is -1.64. The summed E-state index contributed by atoms with van der Waals surface area (Å²) in [5.41, 5.74) is 0.920. The summed E-state index contributed by atoms with van der Waals surface area (Å²) in [6, 6.07) is 9.48. The standard InChI is InChI=1S/C15H20Cl3N3O/c1-21(2)11-10-19-14(15(16,17)18)20-13(22)9-8-12-6-4-3-5-7-12/h3-9,14,19H,10-11H2,1-2H3,(H,20,22). The SMILES string of the molecule is CN(C)CCNC(NC(=O)C=Cc1ccccc1)C(Cl)(Cl)Cl. The normalized spacial score (nSPS) is 13.5. The molecule has 1 amide bonds. The zero-order valence-corrected chi connectivity index (χ0v) is 14.8. The smallest absolute Gasteiger partial charge is 0.245 e. The number of amides is 1. The fraction of sp³-hybridized carbons (Fsp3) is 0.400. The first-order chi connectivity index (χ1) is 10.3. The number of nitrogens with zero attached hydrogens (tertiary/aromatic N) is 1. The van der Waals surface area contributed by atoms with E-state index in [2.05, 4.69) is 10.6 Å². The van der Waals surface area contributed by atoms with E-state index in [1.54, 1.807) is 6.08 Å². The molecule has 0 bridgehead atoms. The number of halogens is 3. The molecule has 0 aromatic heterocycles. The van der Waals surface area contributed by atoms with Crippen molar-refractivity contribution in [3.8, 4) is 0 Å². The number of likely N-dealkylation sites (N-methyl/N-ethyl adjacent to an activating group) is 1. The van der Waals surface area contributed by atoms with Crippen LogP contribution in [-0.4, -0.2) is 48.0 Å². The van der Waals surface area contributed by atoms with E-state index in [9.17, 15) is 4.79 Å². The third-order valence-corrected chi connectivity index (χ3v) is 3.40. The summed E-state index contributed by atoms with van der Waals surface area (Å²) in [6.45, 7) is 1.33. The first-order valence-electron chi connectivity index (χ1n) is 6.77. The molecule has 0 radical (unpaired) electrons. The number of benzene rings is 1. The van der Waals surface area contributed by atoms with Crippen LogP contribution in [0.5, 0.6) is 0 Å². The Morgan fingerprint density at radius 1 is 1.27 bits per heavy atom. The van der Waals surface area contributed by atoms with Gasteiger partial charge in [-0.2, -0.15) is 0 Å². The van der Waals surface area contributed by atoms with Gasteiger partial charge in [0.1, 0.15) is 6.17 Å². The fourth-order valence-corrected chi connectivity index (χ4v) is 2.00. The number of hydrogen-bond donors (Lipinski definition) is 2. The van der Waals surface area contributed by atoms with Crippen LogP contribution in [0.1, 0.15) is 5.56 Å². The van der Waals surface area contributed by atoms with Crippen LogP contribution in [0.3, 0.4) is 0 Å². The van der Waals surface area contributed by atoms with Gasteiger partial charge in [0.15, 0.2) is 0 Å². The highest BCUT2D eigenvalue weighted by Gasteiger charge is 2.33. The van der Waals surface area contributed by atoms with Gasteiger partial charge in [0.05, 0.1) is 0 Å². The Hall–Kier alpha value is -0.780. The predicted octanol–water partition coefficient (Wildman–Crippen LogP) is 2.66. The Kier molecular flexibility index (Phi) is 8.21. The molecule has 0 saturated heterocycles. The maximum Gasteiger partial charge on any atom is 0.245 e. The van der Waals surface area contributed by atoms with Crippen LogP contribution in [0.4, 0.5) is 0 Å². The van der Waals surface area contributed by atoms with Gasteiger partial charge in [0.2, 0.25) is 9.70 Å². The van der Waals surface area contributed by atoms with Crippen molar-refractivity contribution in [2.75, 3.05) is 27.2 Å². The van der Waals surface area contributed by atoms with Gasteiger partial charge in [0, 0.05) is 19.2 Å². The van der Waals surface area contributed by atoms with E-state index in [0.717, 1.165) is 12.1 Å². The number of rotatable bonds is 7. The number of carbonyl (C=O) groups is 1. The molecule has 0 heterocycles. The number of nitrogens with one attached hydrogen (secondary N) is 2. The molecule has 2 N–H and O–H groups in total. The Morgan fingerprint density at radius 3 is 2.45 bits per heavy atom. The van der Waals surface area contributed by atoms with Crippen LogP contribution in [-0.2, 0) is 4.79 Å². The predicted molar refractivity (Wildman–Crippen MR) is 94.3 cm³/mol. The first-order valence-corrected chi connectivity index (χ1v) is 7.91. The summed E-state index contributed by atoms with van der Waals surface area (Å²) in [6.07, 6.45) is 2.34. The second-order valence-electron chi connectivity index (χ2n) is 4.98. The van der Waals surface area contributed by atoms with Crippen molar-refractivity contribution in [3.05, 3.63) is 42.0 Å². The van der Waals surface area contributed by atoms with Gasteiger partial charge in [-0.05, 0) is 25.7 Å². The highest BCUT2D eigenvalue weighted by atomic mass is 35.6. The lowest BCUT2D eigenvalue weighted by molar-refractivity contribution is -0.117. The lowest BCUT2D eigenvalue weighted by atomic mass is 10.2. The Bertz CT molecular complexity index is 487. The molecule has 4 nitrogen and oxygen atoms in total. The molecule has 0 aliphatic rings. The third kappa shape index (κ3) is 8.01. The molecular weight excluding hydrogens is 345 g/mol. The molecule has 0 aliphatic heterocycles. The third-order valence-electron chi connectivity index (χ3n) is 2.75. The molecule has 1 rings (SSSR count). The van der Waals surface area contributed by atoms with Crippen molar-refractivity contribution in [2.45, 2.75) is 9.96 Å². The second kappa shape index (κ2) is 9.38. The molecule has 0 spiro atoms. The summed E-state index contributed by atoms with van der Waals surface area (Å²) in [7, 11) is 3.88. The lowest BCUT2D eigenvalue weighted by Gasteiger charge is -2.26. The summed E-state index contributed by atoms with van der Waals surface area (Å²) in [4.78, 5) is 13.9. The van der Waals surface area contributed by atoms with Gasteiger partial charge in [0.25, 0.3) is 0 Å². The maximum absolute atomic E-state index is 11.9. The molecule has 7 heteroatoms. The molecule has 0 aliphatic carbocycles. The van der Waals surface area contributed by atoms with Crippen LogP contribution in [0, 0.1) is 0 Å². The average molecular weight is 365 g/mol. The van der Waals surface area contributed by atoms with E-state index in [4.69, 9.17) is 34.8 Å². The largest absolute Gasteiger partial charge is 0.333 e. The van der Waals surface area contributed by atoms with Gasteiger partial charge in [-0.1, -0.05) is 65.1 Å². The maximum atomic E-state index is 11.9. The molecule has 122 valence electrons. The van der Waals surface area contributed by atoms with Crippen molar-refractivity contribution < 1.29 is 4.79 Å².